The summed E-state index contributed by atoms with van der Waals surface area (Å²) in [5.74, 6) is 0. The van der Waals surface area contributed by atoms with E-state index in [9.17, 15) is 0 Å². The Kier molecular flexibility index (Phi) is 1.90. The Balaban J connectivity index is 2.43. The van der Waals surface area contributed by atoms with Gasteiger partial charge >= 0.3 is 0 Å². The molecular formula is C6H12N2S. The number of rotatable bonds is 0. The molecule has 0 unspecified atom stereocenters. The molecule has 0 bridgehead atoms. The van der Waals surface area contributed by atoms with E-state index in [1.807, 2.05) is 0 Å². The summed E-state index contributed by atoms with van der Waals surface area (Å²) in [5, 5.41) is 7.05. The molecule has 2 atom stereocenters. The lowest BCUT2D eigenvalue weighted by atomic mass is 10.1. The van der Waals surface area contributed by atoms with Crippen LogP contribution in [0.4, 0.5) is 0 Å². The molecule has 0 spiro atoms. The quantitative estimate of drug-likeness (QED) is 0.488. The first-order valence-electron chi connectivity index (χ1n) is 3.25. The predicted octanol–water partition coefficient (Wildman–Crippen LogP) is 0.631. The van der Waals surface area contributed by atoms with Crippen molar-refractivity contribution < 1.29 is 0 Å². The summed E-state index contributed by atoms with van der Waals surface area (Å²) in [7, 11) is 0. The van der Waals surface area contributed by atoms with E-state index in [0.29, 0.717) is 12.1 Å². The Hall–Kier alpha value is -0.310. The average Bonchev–Trinajstić information content (AvgIpc) is 1.59. The molecule has 1 fully saturated rings. The lowest BCUT2D eigenvalue weighted by Gasteiger charge is -2.28. The second kappa shape index (κ2) is 2.52. The van der Waals surface area contributed by atoms with Crippen molar-refractivity contribution in [3.05, 3.63) is 0 Å². The van der Waals surface area contributed by atoms with Crippen LogP contribution in [-0.4, -0.2) is 17.2 Å². The molecule has 2 N–H and O–H groups in total. The molecular weight excluding hydrogens is 132 g/mol. The summed E-state index contributed by atoms with van der Waals surface area (Å²) in [6.07, 6.45) is 1.15. The third-order valence-electron chi connectivity index (χ3n) is 1.46. The van der Waals surface area contributed by atoms with Crippen molar-refractivity contribution in [3.8, 4) is 0 Å². The van der Waals surface area contributed by atoms with Gasteiger partial charge in [-0.2, -0.15) is 0 Å². The summed E-state index contributed by atoms with van der Waals surface area (Å²) < 4.78 is 0. The monoisotopic (exact) mass is 144 g/mol. The van der Waals surface area contributed by atoms with Gasteiger partial charge < -0.3 is 10.6 Å². The summed E-state index contributed by atoms with van der Waals surface area (Å²) in [5.41, 5.74) is 0. The molecule has 1 aliphatic heterocycles. The van der Waals surface area contributed by atoms with Crippen LogP contribution < -0.4 is 10.6 Å². The highest BCUT2D eigenvalue weighted by molar-refractivity contribution is 7.80. The second-order valence-corrected chi connectivity index (χ2v) is 3.06. The highest BCUT2D eigenvalue weighted by atomic mass is 32.1. The molecule has 0 aliphatic carbocycles. The van der Waals surface area contributed by atoms with E-state index >= 15 is 0 Å². The standard InChI is InChI=1S/C6H12N2S/c1-4-3-5(2)8-6(9)7-4/h4-5H,3H2,1-2H3,(H2,7,8,9)/t4-,5+. The van der Waals surface area contributed by atoms with Gasteiger partial charge in [0.25, 0.3) is 0 Å². The zero-order chi connectivity index (χ0) is 6.85. The Labute approximate surface area is 61.0 Å². The van der Waals surface area contributed by atoms with Crippen LogP contribution in [0.15, 0.2) is 0 Å². The SMILES string of the molecule is C[C@@H]1C[C@H](C)NC(=S)N1. The van der Waals surface area contributed by atoms with Crippen molar-refractivity contribution in [1.29, 1.82) is 0 Å². The fourth-order valence-electron chi connectivity index (χ4n) is 1.14. The molecule has 1 saturated heterocycles. The van der Waals surface area contributed by atoms with Crippen LogP contribution in [0.2, 0.25) is 0 Å². The van der Waals surface area contributed by atoms with E-state index in [0.717, 1.165) is 11.5 Å². The minimum absolute atomic E-state index is 0.536. The molecule has 1 heterocycles. The molecule has 0 aromatic carbocycles. The topological polar surface area (TPSA) is 24.1 Å². The molecule has 9 heavy (non-hydrogen) atoms. The minimum Gasteiger partial charge on any atom is -0.360 e. The molecule has 1 rings (SSSR count). The molecule has 2 nitrogen and oxygen atoms in total. The van der Waals surface area contributed by atoms with E-state index in [1.54, 1.807) is 0 Å². The highest BCUT2D eigenvalue weighted by Gasteiger charge is 2.15. The molecule has 1 aliphatic rings. The molecule has 0 amide bonds. The Morgan fingerprint density at radius 2 is 1.78 bits per heavy atom. The number of hydrogen-bond acceptors (Lipinski definition) is 1. The molecule has 0 saturated carbocycles. The van der Waals surface area contributed by atoms with Crippen molar-refractivity contribution in [2.24, 2.45) is 0 Å². The Bertz CT molecular complexity index is 112. The lowest BCUT2D eigenvalue weighted by molar-refractivity contribution is 0.467. The van der Waals surface area contributed by atoms with Gasteiger partial charge in [0.15, 0.2) is 5.11 Å². The van der Waals surface area contributed by atoms with E-state index in [4.69, 9.17) is 12.2 Å². The predicted molar refractivity (Wildman–Crippen MR) is 42.4 cm³/mol. The maximum absolute atomic E-state index is 4.94. The van der Waals surface area contributed by atoms with Crippen LogP contribution in [0.3, 0.4) is 0 Å². The third kappa shape index (κ3) is 1.82. The zero-order valence-electron chi connectivity index (χ0n) is 5.77. The fraction of sp³-hybridized carbons (Fsp3) is 0.833. The van der Waals surface area contributed by atoms with Crippen LogP contribution in [0.1, 0.15) is 20.3 Å². The van der Waals surface area contributed by atoms with Crippen molar-refractivity contribution >= 4 is 17.3 Å². The minimum atomic E-state index is 0.536. The van der Waals surface area contributed by atoms with Crippen LogP contribution in [-0.2, 0) is 0 Å². The van der Waals surface area contributed by atoms with Crippen molar-refractivity contribution in [2.75, 3.05) is 0 Å². The van der Waals surface area contributed by atoms with Crippen LogP contribution in [0.25, 0.3) is 0 Å². The van der Waals surface area contributed by atoms with E-state index in [2.05, 4.69) is 24.5 Å². The van der Waals surface area contributed by atoms with E-state index in [-0.39, 0.29) is 0 Å². The van der Waals surface area contributed by atoms with Gasteiger partial charge in [0.1, 0.15) is 0 Å². The first kappa shape index (κ1) is 6.81. The van der Waals surface area contributed by atoms with Gasteiger partial charge in [0, 0.05) is 12.1 Å². The van der Waals surface area contributed by atoms with Gasteiger partial charge in [0.2, 0.25) is 0 Å². The van der Waals surface area contributed by atoms with E-state index < -0.39 is 0 Å². The van der Waals surface area contributed by atoms with Gasteiger partial charge in [-0.25, -0.2) is 0 Å². The third-order valence-corrected chi connectivity index (χ3v) is 1.70. The van der Waals surface area contributed by atoms with Crippen LogP contribution in [0, 0.1) is 0 Å². The normalized spacial score (nSPS) is 35.1. The van der Waals surface area contributed by atoms with Crippen LogP contribution in [0.5, 0.6) is 0 Å². The van der Waals surface area contributed by atoms with Gasteiger partial charge in [-0.15, -0.1) is 0 Å². The molecule has 0 radical (unpaired) electrons. The first-order chi connectivity index (χ1) is 4.18. The maximum Gasteiger partial charge on any atom is 0.166 e. The zero-order valence-corrected chi connectivity index (χ0v) is 6.59. The van der Waals surface area contributed by atoms with Crippen molar-refractivity contribution in [1.82, 2.24) is 10.6 Å². The van der Waals surface area contributed by atoms with Gasteiger partial charge in [0.05, 0.1) is 0 Å². The molecule has 3 heteroatoms. The summed E-state index contributed by atoms with van der Waals surface area (Å²) in [4.78, 5) is 0. The fourth-order valence-corrected chi connectivity index (χ4v) is 1.54. The number of nitrogens with one attached hydrogen (secondary N) is 2. The number of thiocarbonyl (C=S) groups is 1. The first-order valence-corrected chi connectivity index (χ1v) is 3.66. The molecule has 0 aromatic heterocycles. The summed E-state index contributed by atoms with van der Waals surface area (Å²) >= 11 is 4.94. The number of hydrogen-bond donors (Lipinski definition) is 2. The summed E-state index contributed by atoms with van der Waals surface area (Å²) in [6.45, 7) is 4.28. The van der Waals surface area contributed by atoms with Gasteiger partial charge in [-0.05, 0) is 32.5 Å². The average molecular weight is 144 g/mol. The Morgan fingerprint density at radius 3 is 2.11 bits per heavy atom. The van der Waals surface area contributed by atoms with Gasteiger partial charge in [-0.1, -0.05) is 0 Å². The lowest BCUT2D eigenvalue weighted by Crippen LogP contribution is -2.51. The van der Waals surface area contributed by atoms with Crippen molar-refractivity contribution in [3.63, 3.8) is 0 Å². The van der Waals surface area contributed by atoms with E-state index in [1.165, 1.54) is 0 Å². The Morgan fingerprint density at radius 1 is 1.33 bits per heavy atom. The smallest absolute Gasteiger partial charge is 0.166 e. The van der Waals surface area contributed by atoms with Crippen LogP contribution >= 0.6 is 12.2 Å². The van der Waals surface area contributed by atoms with Gasteiger partial charge in [-0.3, -0.25) is 0 Å². The summed E-state index contributed by atoms with van der Waals surface area (Å²) in [6, 6.07) is 1.07. The maximum atomic E-state index is 4.94. The van der Waals surface area contributed by atoms with Crippen molar-refractivity contribution in [2.45, 2.75) is 32.4 Å². The highest BCUT2D eigenvalue weighted by Crippen LogP contribution is 2.01. The molecule has 0 aromatic rings. The largest absolute Gasteiger partial charge is 0.360 e. The second-order valence-electron chi connectivity index (χ2n) is 2.66. The molecule has 52 valence electrons.